The maximum absolute atomic E-state index is 11.9. The Morgan fingerprint density at radius 3 is 2.64 bits per heavy atom. The first-order valence-corrected chi connectivity index (χ1v) is 8.64. The van der Waals surface area contributed by atoms with E-state index in [4.69, 9.17) is 0 Å². The first kappa shape index (κ1) is 14.4. The summed E-state index contributed by atoms with van der Waals surface area (Å²) in [5, 5.41) is 15.0. The van der Waals surface area contributed by atoms with Crippen LogP contribution < -0.4 is 5.56 Å². The van der Waals surface area contributed by atoms with E-state index in [9.17, 15) is 9.90 Å². The van der Waals surface area contributed by atoms with Crippen molar-refractivity contribution in [3.8, 4) is 0 Å². The summed E-state index contributed by atoms with van der Waals surface area (Å²) < 4.78 is 1.65. The molecule has 1 aliphatic heterocycles. The predicted octanol–water partition coefficient (Wildman–Crippen LogP) is 1.36. The van der Waals surface area contributed by atoms with Crippen LogP contribution in [-0.4, -0.2) is 45.0 Å². The molecule has 1 N–H and O–H groups in total. The van der Waals surface area contributed by atoms with Gasteiger partial charge < -0.3 is 5.11 Å². The number of rotatable bonds is 5. The lowest BCUT2D eigenvalue weighted by Gasteiger charge is -2.42. The Kier molecular flexibility index (Phi) is 3.57. The molecule has 1 saturated heterocycles. The molecule has 0 amide bonds. The molecule has 0 spiro atoms. The third-order valence-corrected chi connectivity index (χ3v) is 5.40. The van der Waals surface area contributed by atoms with E-state index < -0.39 is 5.60 Å². The Bertz CT molecular complexity index is 596. The molecule has 1 aromatic heterocycles. The number of hydrogen-bond donors (Lipinski definition) is 1. The quantitative estimate of drug-likeness (QED) is 0.892. The minimum Gasteiger partial charge on any atom is -0.389 e. The highest BCUT2D eigenvalue weighted by Gasteiger charge is 2.37. The van der Waals surface area contributed by atoms with Gasteiger partial charge in [-0.1, -0.05) is 12.8 Å². The Morgan fingerprint density at radius 1 is 1.23 bits per heavy atom. The summed E-state index contributed by atoms with van der Waals surface area (Å²) in [5.41, 5.74) is 0.639. The van der Waals surface area contributed by atoms with Gasteiger partial charge in [0, 0.05) is 37.5 Å². The summed E-state index contributed by atoms with van der Waals surface area (Å²) in [6, 6.07) is 3.55. The molecular weight excluding hydrogens is 278 g/mol. The minimum atomic E-state index is -0.452. The molecule has 4 rings (SSSR count). The van der Waals surface area contributed by atoms with Gasteiger partial charge in [-0.15, -0.1) is 0 Å². The molecule has 120 valence electrons. The zero-order valence-corrected chi connectivity index (χ0v) is 13.1. The van der Waals surface area contributed by atoms with Crippen LogP contribution in [0.25, 0.3) is 0 Å². The third kappa shape index (κ3) is 2.97. The minimum absolute atomic E-state index is 0.0114. The Balaban J connectivity index is 1.32. The fraction of sp³-hybridized carbons (Fsp3) is 0.765. The van der Waals surface area contributed by atoms with E-state index in [1.54, 1.807) is 10.7 Å². The van der Waals surface area contributed by atoms with Crippen LogP contribution in [0, 0.1) is 5.92 Å². The maximum Gasteiger partial charge on any atom is 0.266 e. The van der Waals surface area contributed by atoms with Gasteiger partial charge in [-0.05, 0) is 31.7 Å². The number of aliphatic hydroxyl groups is 1. The zero-order chi connectivity index (χ0) is 15.2. The van der Waals surface area contributed by atoms with Gasteiger partial charge in [-0.2, -0.15) is 5.10 Å². The molecule has 2 aliphatic carbocycles. The Labute approximate surface area is 130 Å². The fourth-order valence-electron chi connectivity index (χ4n) is 3.97. The fourth-order valence-corrected chi connectivity index (χ4v) is 3.97. The van der Waals surface area contributed by atoms with Gasteiger partial charge in [0.15, 0.2) is 0 Å². The average molecular weight is 303 g/mol. The van der Waals surface area contributed by atoms with Gasteiger partial charge in [0.2, 0.25) is 0 Å². The first-order chi connectivity index (χ1) is 10.6. The molecule has 3 aliphatic rings. The SMILES string of the molecule is O=c1ccc(C2CC2)nn1CC1CN(CC2(O)CCCC2)C1. The van der Waals surface area contributed by atoms with Gasteiger partial charge in [0.1, 0.15) is 0 Å². The lowest BCUT2D eigenvalue weighted by molar-refractivity contribution is -0.0303. The molecule has 5 heteroatoms. The molecule has 5 nitrogen and oxygen atoms in total. The Morgan fingerprint density at radius 2 is 1.95 bits per heavy atom. The van der Waals surface area contributed by atoms with Crippen molar-refractivity contribution in [1.82, 2.24) is 14.7 Å². The van der Waals surface area contributed by atoms with Crippen LogP contribution in [-0.2, 0) is 6.54 Å². The highest BCUT2D eigenvalue weighted by molar-refractivity contribution is 5.12. The lowest BCUT2D eigenvalue weighted by atomic mass is 9.95. The van der Waals surface area contributed by atoms with E-state index in [2.05, 4.69) is 10.00 Å². The molecule has 3 fully saturated rings. The monoisotopic (exact) mass is 303 g/mol. The summed E-state index contributed by atoms with van der Waals surface area (Å²) in [4.78, 5) is 14.3. The summed E-state index contributed by atoms with van der Waals surface area (Å²) >= 11 is 0. The van der Waals surface area contributed by atoms with Gasteiger partial charge in [0.05, 0.1) is 17.8 Å². The summed E-state index contributed by atoms with van der Waals surface area (Å²) in [5.74, 6) is 1.08. The number of nitrogens with zero attached hydrogens (tertiary/aromatic N) is 3. The number of hydrogen-bond acceptors (Lipinski definition) is 4. The molecule has 1 aromatic rings. The molecule has 0 unspecified atom stereocenters. The van der Waals surface area contributed by atoms with Crippen molar-refractivity contribution in [2.24, 2.45) is 5.92 Å². The van der Waals surface area contributed by atoms with E-state index in [1.165, 1.54) is 12.8 Å². The summed E-state index contributed by atoms with van der Waals surface area (Å²) in [6.07, 6.45) is 6.61. The van der Waals surface area contributed by atoms with Crippen molar-refractivity contribution < 1.29 is 5.11 Å². The molecule has 0 radical (unpaired) electrons. The van der Waals surface area contributed by atoms with E-state index in [1.807, 2.05) is 6.07 Å². The third-order valence-electron chi connectivity index (χ3n) is 5.40. The van der Waals surface area contributed by atoms with Gasteiger partial charge >= 0.3 is 0 Å². The van der Waals surface area contributed by atoms with Crippen LogP contribution in [0.5, 0.6) is 0 Å². The van der Waals surface area contributed by atoms with E-state index in [-0.39, 0.29) is 5.56 Å². The van der Waals surface area contributed by atoms with Crippen molar-refractivity contribution in [2.75, 3.05) is 19.6 Å². The smallest absolute Gasteiger partial charge is 0.266 e. The van der Waals surface area contributed by atoms with E-state index >= 15 is 0 Å². The molecular formula is C17H25N3O2. The second-order valence-electron chi connectivity index (χ2n) is 7.54. The molecule has 22 heavy (non-hydrogen) atoms. The molecule has 2 saturated carbocycles. The largest absolute Gasteiger partial charge is 0.389 e. The van der Waals surface area contributed by atoms with Crippen LogP contribution in [0.2, 0.25) is 0 Å². The second-order valence-corrected chi connectivity index (χ2v) is 7.54. The highest BCUT2D eigenvalue weighted by Crippen LogP contribution is 2.38. The maximum atomic E-state index is 11.9. The normalized spacial score (nSPS) is 25.3. The van der Waals surface area contributed by atoms with Crippen LogP contribution >= 0.6 is 0 Å². The number of aromatic nitrogens is 2. The van der Waals surface area contributed by atoms with Crippen LogP contribution in [0.3, 0.4) is 0 Å². The summed E-state index contributed by atoms with van der Waals surface area (Å²) in [7, 11) is 0. The molecule has 0 bridgehead atoms. The predicted molar refractivity (Wildman–Crippen MR) is 83.8 cm³/mol. The Hall–Kier alpha value is -1.20. The van der Waals surface area contributed by atoms with E-state index in [0.717, 1.165) is 51.0 Å². The standard InChI is InChI=1S/C17H25N3O2/c21-16-6-5-15(14-3-4-14)18-20(16)11-13-9-19(10-13)12-17(22)7-1-2-8-17/h5-6,13-14,22H,1-4,7-12H2. The van der Waals surface area contributed by atoms with Crippen molar-refractivity contribution in [3.63, 3.8) is 0 Å². The van der Waals surface area contributed by atoms with Crippen molar-refractivity contribution in [2.45, 2.75) is 56.6 Å². The first-order valence-electron chi connectivity index (χ1n) is 8.64. The number of β-amino-alcohol motifs (C(OH)–C–C–N with tert-alkyl or cyclic N) is 1. The van der Waals surface area contributed by atoms with Crippen molar-refractivity contribution in [1.29, 1.82) is 0 Å². The van der Waals surface area contributed by atoms with Crippen LogP contribution in [0.4, 0.5) is 0 Å². The van der Waals surface area contributed by atoms with Gasteiger partial charge in [-0.25, -0.2) is 4.68 Å². The van der Waals surface area contributed by atoms with Crippen molar-refractivity contribution >= 4 is 0 Å². The van der Waals surface area contributed by atoms with Gasteiger partial charge in [0.25, 0.3) is 5.56 Å². The lowest BCUT2D eigenvalue weighted by Crippen LogP contribution is -2.54. The molecule has 2 heterocycles. The summed E-state index contributed by atoms with van der Waals surface area (Å²) in [6.45, 7) is 3.47. The zero-order valence-electron chi connectivity index (χ0n) is 13.1. The number of likely N-dealkylation sites (tertiary alicyclic amines) is 1. The molecule has 0 aromatic carbocycles. The van der Waals surface area contributed by atoms with Gasteiger partial charge in [-0.3, -0.25) is 9.69 Å². The highest BCUT2D eigenvalue weighted by atomic mass is 16.3. The van der Waals surface area contributed by atoms with E-state index in [0.29, 0.717) is 18.4 Å². The topological polar surface area (TPSA) is 58.4 Å². The average Bonchev–Trinajstić information content (AvgIpc) is 3.21. The second kappa shape index (κ2) is 5.46. The van der Waals surface area contributed by atoms with Crippen LogP contribution in [0.15, 0.2) is 16.9 Å². The molecule has 0 atom stereocenters. The van der Waals surface area contributed by atoms with Crippen molar-refractivity contribution in [3.05, 3.63) is 28.2 Å². The van der Waals surface area contributed by atoms with Crippen LogP contribution in [0.1, 0.15) is 50.1 Å².